The Morgan fingerprint density at radius 1 is 1.13 bits per heavy atom. The van der Waals surface area contributed by atoms with E-state index in [1.807, 2.05) is 39.1 Å². The minimum atomic E-state index is -0.318. The van der Waals surface area contributed by atoms with E-state index < -0.39 is 0 Å². The number of nitrogens with zero attached hydrogens (tertiary/aromatic N) is 4. The summed E-state index contributed by atoms with van der Waals surface area (Å²) in [5.41, 5.74) is 3.17. The normalized spacial score (nSPS) is 21.6. The quantitative estimate of drug-likeness (QED) is 0.472. The molecule has 31 heavy (non-hydrogen) atoms. The number of aromatic nitrogens is 3. The molecule has 2 saturated heterocycles. The molecule has 1 aromatic heterocycles. The Morgan fingerprint density at radius 2 is 1.84 bits per heavy atom. The van der Waals surface area contributed by atoms with Crippen LogP contribution in [0.1, 0.15) is 26.3 Å². The molecule has 2 aromatic carbocycles. The van der Waals surface area contributed by atoms with Crippen molar-refractivity contribution in [3.63, 3.8) is 0 Å². The fourth-order valence-corrected chi connectivity index (χ4v) is 3.46. The number of hydrogen-bond donors (Lipinski definition) is 0. The summed E-state index contributed by atoms with van der Waals surface area (Å²) >= 11 is 0. The maximum Gasteiger partial charge on any atom is 0.293 e. The van der Waals surface area contributed by atoms with Crippen LogP contribution in [0.2, 0.25) is 0 Å². The van der Waals surface area contributed by atoms with Crippen LogP contribution in [0.3, 0.4) is 0 Å². The van der Waals surface area contributed by atoms with Gasteiger partial charge >= 0.3 is 0 Å². The number of hydrogen-bond acceptors (Lipinski definition) is 6. The Labute approximate surface area is 180 Å². The number of halogens is 1. The van der Waals surface area contributed by atoms with E-state index in [0.717, 1.165) is 30.9 Å². The summed E-state index contributed by atoms with van der Waals surface area (Å²) in [5.74, 6) is -0.260. The van der Waals surface area contributed by atoms with Crippen molar-refractivity contribution >= 4 is 6.47 Å². The van der Waals surface area contributed by atoms with E-state index in [4.69, 9.17) is 4.74 Å². The van der Waals surface area contributed by atoms with E-state index in [-0.39, 0.29) is 17.1 Å². The van der Waals surface area contributed by atoms with E-state index in [9.17, 15) is 9.18 Å². The maximum absolute atomic E-state index is 13.0. The molecule has 2 aliphatic rings. The van der Waals surface area contributed by atoms with Crippen molar-refractivity contribution in [3.05, 3.63) is 66.1 Å². The Balaban J connectivity index is 0.000000289. The summed E-state index contributed by atoms with van der Waals surface area (Å²) in [7, 11) is 0. The molecule has 0 N–H and O–H groups in total. The first-order valence-electron chi connectivity index (χ1n) is 10.1. The van der Waals surface area contributed by atoms with Gasteiger partial charge in [0.15, 0.2) is 5.72 Å². The predicted molar refractivity (Wildman–Crippen MR) is 113 cm³/mol. The number of fused-ring (bicyclic) bond motifs is 1. The molecule has 2 fully saturated rings. The van der Waals surface area contributed by atoms with Gasteiger partial charge in [-0.3, -0.25) is 9.69 Å². The summed E-state index contributed by atoms with van der Waals surface area (Å²) in [4.78, 5) is 11.9. The zero-order valence-corrected chi connectivity index (χ0v) is 17.8. The molecule has 2 aliphatic heterocycles. The SMILES string of the molecule is CC(C)(C)OC=O.Fc1ccc(-c2cn(-c3ccc(C45CN4CCO5)cc3)nn2)cc1. The first kappa shape index (κ1) is 21.1. The van der Waals surface area contributed by atoms with E-state index in [1.165, 1.54) is 17.7 Å². The summed E-state index contributed by atoms with van der Waals surface area (Å²) in [6, 6.07) is 14.4. The largest absolute Gasteiger partial charge is 0.462 e. The van der Waals surface area contributed by atoms with Crippen LogP contribution < -0.4 is 0 Å². The molecule has 0 aliphatic carbocycles. The second kappa shape index (κ2) is 8.20. The Morgan fingerprint density at radius 3 is 2.35 bits per heavy atom. The third-order valence-corrected chi connectivity index (χ3v) is 5.13. The second-order valence-electron chi connectivity index (χ2n) is 8.48. The molecule has 0 saturated carbocycles. The lowest BCUT2D eigenvalue weighted by atomic mass is 10.1. The zero-order valence-electron chi connectivity index (χ0n) is 17.8. The van der Waals surface area contributed by atoms with Crippen molar-refractivity contribution in [2.45, 2.75) is 32.1 Å². The standard InChI is InChI=1S/C18H15FN4O.C5H10O2/c19-15-5-1-13(2-6-15)17-11-23(21-20-17)16-7-3-14(4-8-16)18-12-22(18)9-10-24-18;1-5(2,3)7-4-6/h1-8,11H,9-10,12H2;4H,1-3H3. The highest BCUT2D eigenvalue weighted by Gasteiger charge is 2.58. The van der Waals surface area contributed by atoms with Crippen LogP contribution in [-0.4, -0.2) is 51.7 Å². The van der Waals surface area contributed by atoms with Crippen molar-refractivity contribution in [1.29, 1.82) is 0 Å². The molecule has 2 atom stereocenters. The Bertz CT molecular complexity index is 1040. The van der Waals surface area contributed by atoms with Crippen molar-refractivity contribution < 1.29 is 18.7 Å². The highest BCUT2D eigenvalue weighted by atomic mass is 19.1. The van der Waals surface area contributed by atoms with Crippen molar-refractivity contribution in [1.82, 2.24) is 19.9 Å². The van der Waals surface area contributed by atoms with Crippen molar-refractivity contribution in [3.8, 4) is 16.9 Å². The molecule has 7 nitrogen and oxygen atoms in total. The van der Waals surface area contributed by atoms with E-state index in [0.29, 0.717) is 12.2 Å². The summed E-state index contributed by atoms with van der Waals surface area (Å²) in [5, 5.41) is 8.34. The summed E-state index contributed by atoms with van der Waals surface area (Å²) < 4.78 is 25.2. The van der Waals surface area contributed by atoms with Crippen LogP contribution in [0, 0.1) is 5.82 Å². The van der Waals surface area contributed by atoms with Crippen molar-refractivity contribution in [2.75, 3.05) is 19.7 Å². The maximum atomic E-state index is 13.0. The number of carbonyl (C=O) groups is 1. The summed E-state index contributed by atoms with van der Waals surface area (Å²) in [6.07, 6.45) is 1.84. The number of morpholine rings is 1. The van der Waals surface area contributed by atoms with E-state index in [2.05, 4.69) is 32.1 Å². The Kier molecular flexibility index (Phi) is 5.60. The minimum absolute atomic E-state index is 0.180. The van der Waals surface area contributed by atoms with Gasteiger partial charge in [-0.05, 0) is 57.2 Å². The molecular formula is C23H25FN4O3. The second-order valence-corrected chi connectivity index (χ2v) is 8.48. The Hall–Kier alpha value is -3.10. The van der Waals surface area contributed by atoms with Crippen LogP contribution in [0.15, 0.2) is 54.7 Å². The van der Waals surface area contributed by atoms with Gasteiger partial charge in [0.05, 0.1) is 18.5 Å². The molecule has 3 heterocycles. The fraction of sp³-hybridized carbons (Fsp3) is 0.348. The molecule has 0 bridgehead atoms. The molecule has 0 radical (unpaired) electrons. The minimum Gasteiger partial charge on any atom is -0.462 e. The number of benzene rings is 2. The first-order chi connectivity index (χ1) is 14.8. The third-order valence-electron chi connectivity index (χ3n) is 5.13. The van der Waals surface area contributed by atoms with Gasteiger partial charge in [-0.1, -0.05) is 17.3 Å². The molecule has 8 heteroatoms. The number of carbonyl (C=O) groups excluding carboxylic acids is 1. The average molecular weight is 424 g/mol. The lowest BCUT2D eigenvalue weighted by molar-refractivity contribution is -0.138. The molecular weight excluding hydrogens is 399 g/mol. The van der Waals surface area contributed by atoms with Crippen LogP contribution >= 0.6 is 0 Å². The van der Waals surface area contributed by atoms with Crippen LogP contribution in [0.5, 0.6) is 0 Å². The molecule has 0 spiro atoms. The number of ether oxygens (including phenoxy) is 2. The van der Waals surface area contributed by atoms with Gasteiger partial charge in [-0.25, -0.2) is 9.07 Å². The van der Waals surface area contributed by atoms with Gasteiger partial charge in [0.1, 0.15) is 17.1 Å². The molecule has 0 amide bonds. The third kappa shape index (κ3) is 4.65. The molecule has 5 rings (SSSR count). The highest BCUT2D eigenvalue weighted by molar-refractivity contribution is 5.58. The fourth-order valence-electron chi connectivity index (χ4n) is 3.46. The van der Waals surface area contributed by atoms with Gasteiger partial charge in [-0.2, -0.15) is 0 Å². The van der Waals surface area contributed by atoms with Crippen molar-refractivity contribution in [2.24, 2.45) is 0 Å². The topological polar surface area (TPSA) is 69.2 Å². The van der Waals surface area contributed by atoms with E-state index >= 15 is 0 Å². The predicted octanol–water partition coefficient (Wildman–Crippen LogP) is 3.53. The summed E-state index contributed by atoms with van der Waals surface area (Å²) in [6.45, 7) is 8.70. The molecule has 2 unspecified atom stereocenters. The van der Waals surface area contributed by atoms with Gasteiger partial charge in [0.25, 0.3) is 6.47 Å². The van der Waals surface area contributed by atoms with E-state index in [1.54, 1.807) is 16.8 Å². The van der Waals surface area contributed by atoms with Gasteiger partial charge < -0.3 is 9.47 Å². The van der Waals surface area contributed by atoms with Gasteiger partial charge in [0.2, 0.25) is 0 Å². The first-order valence-corrected chi connectivity index (χ1v) is 10.1. The lowest BCUT2D eigenvalue weighted by Crippen LogP contribution is -2.17. The van der Waals surface area contributed by atoms with Crippen LogP contribution in [-0.2, 0) is 20.0 Å². The lowest BCUT2D eigenvalue weighted by Gasteiger charge is -2.14. The van der Waals surface area contributed by atoms with Crippen LogP contribution in [0.25, 0.3) is 16.9 Å². The van der Waals surface area contributed by atoms with Gasteiger partial charge in [0, 0.05) is 24.2 Å². The monoisotopic (exact) mass is 424 g/mol. The molecule has 162 valence electrons. The molecule has 3 aromatic rings. The average Bonchev–Trinajstić information content (AvgIpc) is 3.07. The van der Waals surface area contributed by atoms with Gasteiger partial charge in [-0.15, -0.1) is 5.10 Å². The number of rotatable bonds is 4. The zero-order chi connectivity index (χ0) is 22.1. The van der Waals surface area contributed by atoms with Crippen LogP contribution in [0.4, 0.5) is 4.39 Å². The highest BCUT2D eigenvalue weighted by Crippen LogP contribution is 2.47. The smallest absolute Gasteiger partial charge is 0.293 e.